The van der Waals surface area contributed by atoms with Crippen LogP contribution in [-0.4, -0.2) is 28.7 Å². The van der Waals surface area contributed by atoms with Gasteiger partial charge in [0.05, 0.1) is 6.54 Å². The number of aryl methyl sites for hydroxylation is 1. The second-order valence-electron chi connectivity index (χ2n) is 5.93. The SMILES string of the molecule is CCN1Cc2cc3c(CNCC(F)(F)F)cn(C)c3cc2C1. The van der Waals surface area contributed by atoms with E-state index in [0.29, 0.717) is 0 Å². The summed E-state index contributed by atoms with van der Waals surface area (Å²) in [5.41, 5.74) is 4.61. The Morgan fingerprint density at radius 2 is 1.86 bits per heavy atom. The van der Waals surface area contributed by atoms with Crippen LogP contribution in [0.3, 0.4) is 0 Å². The van der Waals surface area contributed by atoms with Gasteiger partial charge in [0, 0.05) is 43.8 Å². The minimum Gasteiger partial charge on any atom is -0.350 e. The third-order valence-corrected chi connectivity index (χ3v) is 4.27. The number of alkyl halides is 3. The molecule has 1 aromatic heterocycles. The van der Waals surface area contributed by atoms with Crippen LogP contribution in [0.15, 0.2) is 18.3 Å². The van der Waals surface area contributed by atoms with Gasteiger partial charge in [0.25, 0.3) is 0 Å². The van der Waals surface area contributed by atoms with Gasteiger partial charge in [0.1, 0.15) is 0 Å². The molecule has 2 aromatic rings. The molecule has 2 heterocycles. The molecule has 0 radical (unpaired) electrons. The maximum atomic E-state index is 12.3. The van der Waals surface area contributed by atoms with Crippen molar-refractivity contribution in [2.75, 3.05) is 13.1 Å². The average molecular weight is 311 g/mol. The molecule has 1 aromatic carbocycles. The third-order valence-electron chi connectivity index (χ3n) is 4.27. The Bertz CT molecular complexity index is 688. The highest BCUT2D eigenvalue weighted by atomic mass is 19.4. The van der Waals surface area contributed by atoms with Gasteiger partial charge < -0.3 is 9.88 Å². The van der Waals surface area contributed by atoms with Gasteiger partial charge >= 0.3 is 6.18 Å². The van der Waals surface area contributed by atoms with Crippen LogP contribution in [-0.2, 0) is 26.7 Å². The number of aromatic nitrogens is 1. The lowest BCUT2D eigenvalue weighted by atomic mass is 10.1. The molecular formula is C16H20F3N3. The Labute approximate surface area is 127 Å². The first-order valence-electron chi connectivity index (χ1n) is 7.47. The molecule has 3 nitrogen and oxygen atoms in total. The van der Waals surface area contributed by atoms with E-state index in [1.54, 1.807) is 0 Å². The van der Waals surface area contributed by atoms with Gasteiger partial charge in [-0.1, -0.05) is 6.92 Å². The standard InChI is InChI=1S/C16H20F3N3/c1-3-22-8-11-4-14-13(6-20-10-16(17,18)19)7-21(2)15(14)5-12(11)9-22/h4-5,7,20H,3,6,8-10H2,1-2H3. The van der Waals surface area contributed by atoms with Crippen molar-refractivity contribution in [1.29, 1.82) is 0 Å². The minimum absolute atomic E-state index is 0.229. The molecule has 0 unspecified atom stereocenters. The molecule has 6 heteroatoms. The maximum absolute atomic E-state index is 12.3. The van der Waals surface area contributed by atoms with Crippen LogP contribution < -0.4 is 5.32 Å². The van der Waals surface area contributed by atoms with Crippen LogP contribution in [0.25, 0.3) is 10.9 Å². The molecule has 0 atom stereocenters. The number of fused-ring (bicyclic) bond motifs is 2. The lowest BCUT2D eigenvalue weighted by molar-refractivity contribution is -0.125. The van der Waals surface area contributed by atoms with Crippen molar-refractivity contribution < 1.29 is 13.2 Å². The molecule has 0 saturated heterocycles. The molecule has 0 fully saturated rings. The van der Waals surface area contributed by atoms with Crippen molar-refractivity contribution in [3.63, 3.8) is 0 Å². The zero-order chi connectivity index (χ0) is 15.9. The molecule has 0 amide bonds. The lowest BCUT2D eigenvalue weighted by Gasteiger charge is -2.09. The highest BCUT2D eigenvalue weighted by Gasteiger charge is 2.26. The molecule has 22 heavy (non-hydrogen) atoms. The highest BCUT2D eigenvalue weighted by Crippen LogP contribution is 2.30. The molecule has 1 aliphatic heterocycles. The first kappa shape index (κ1) is 15.4. The van der Waals surface area contributed by atoms with Crippen LogP contribution in [0.4, 0.5) is 13.2 Å². The fraction of sp³-hybridized carbons (Fsp3) is 0.500. The number of nitrogens with one attached hydrogen (secondary N) is 1. The first-order valence-corrected chi connectivity index (χ1v) is 7.47. The second-order valence-corrected chi connectivity index (χ2v) is 5.93. The Hall–Kier alpha value is -1.53. The monoisotopic (exact) mass is 311 g/mol. The number of hydrogen-bond donors (Lipinski definition) is 1. The van der Waals surface area contributed by atoms with E-state index in [2.05, 4.69) is 29.3 Å². The molecule has 1 aliphatic rings. The van der Waals surface area contributed by atoms with Gasteiger partial charge in [-0.05, 0) is 35.4 Å². The summed E-state index contributed by atoms with van der Waals surface area (Å²) in [4.78, 5) is 2.35. The first-order chi connectivity index (χ1) is 10.4. The molecule has 0 spiro atoms. The van der Waals surface area contributed by atoms with Crippen molar-refractivity contribution in [2.24, 2.45) is 7.05 Å². The fourth-order valence-corrected chi connectivity index (χ4v) is 3.13. The number of benzene rings is 1. The molecule has 0 saturated carbocycles. The summed E-state index contributed by atoms with van der Waals surface area (Å²) in [6.07, 6.45) is -2.26. The summed E-state index contributed by atoms with van der Waals surface area (Å²) >= 11 is 0. The van der Waals surface area contributed by atoms with E-state index < -0.39 is 12.7 Å². The quantitative estimate of drug-likeness (QED) is 0.936. The molecule has 0 aliphatic carbocycles. The molecule has 120 valence electrons. The van der Waals surface area contributed by atoms with E-state index in [4.69, 9.17) is 0 Å². The van der Waals surface area contributed by atoms with E-state index >= 15 is 0 Å². The summed E-state index contributed by atoms with van der Waals surface area (Å²) in [5, 5.41) is 3.54. The molecule has 0 bridgehead atoms. The lowest BCUT2D eigenvalue weighted by Crippen LogP contribution is -2.28. The van der Waals surface area contributed by atoms with Gasteiger partial charge in [0.2, 0.25) is 0 Å². The normalized spacial score (nSPS) is 15.7. The zero-order valence-corrected chi connectivity index (χ0v) is 12.8. The van der Waals surface area contributed by atoms with Crippen molar-refractivity contribution in [3.05, 3.63) is 35.0 Å². The van der Waals surface area contributed by atoms with Crippen molar-refractivity contribution in [2.45, 2.75) is 32.7 Å². The third kappa shape index (κ3) is 2.98. The molecule has 1 N–H and O–H groups in total. The van der Waals surface area contributed by atoms with E-state index in [1.807, 2.05) is 17.8 Å². The Morgan fingerprint density at radius 1 is 1.18 bits per heavy atom. The van der Waals surface area contributed by atoms with Crippen molar-refractivity contribution >= 4 is 10.9 Å². The summed E-state index contributed by atoms with van der Waals surface area (Å²) < 4.78 is 38.8. The van der Waals surface area contributed by atoms with Crippen LogP contribution in [0, 0.1) is 0 Å². The van der Waals surface area contributed by atoms with E-state index in [-0.39, 0.29) is 6.54 Å². The number of nitrogens with zero attached hydrogens (tertiary/aromatic N) is 2. The summed E-state index contributed by atoms with van der Waals surface area (Å²) in [6, 6.07) is 4.32. The predicted molar refractivity (Wildman–Crippen MR) is 80.5 cm³/mol. The number of halogens is 3. The van der Waals surface area contributed by atoms with Crippen molar-refractivity contribution in [3.8, 4) is 0 Å². The Kier molecular flexibility index (Phi) is 3.91. The number of hydrogen-bond acceptors (Lipinski definition) is 2. The average Bonchev–Trinajstić information content (AvgIpc) is 2.97. The van der Waals surface area contributed by atoms with Gasteiger partial charge in [-0.3, -0.25) is 4.90 Å². The van der Waals surface area contributed by atoms with Crippen LogP contribution in [0.1, 0.15) is 23.6 Å². The van der Waals surface area contributed by atoms with E-state index in [1.165, 1.54) is 11.1 Å². The van der Waals surface area contributed by atoms with E-state index in [9.17, 15) is 13.2 Å². The van der Waals surface area contributed by atoms with Gasteiger partial charge in [0.15, 0.2) is 0 Å². The topological polar surface area (TPSA) is 20.2 Å². The highest BCUT2D eigenvalue weighted by molar-refractivity contribution is 5.85. The van der Waals surface area contributed by atoms with Gasteiger partial charge in [-0.15, -0.1) is 0 Å². The summed E-state index contributed by atoms with van der Waals surface area (Å²) in [6.45, 7) is 4.29. The Balaban J connectivity index is 1.86. The minimum atomic E-state index is -4.17. The van der Waals surface area contributed by atoms with Crippen LogP contribution >= 0.6 is 0 Å². The molecular weight excluding hydrogens is 291 g/mol. The van der Waals surface area contributed by atoms with Gasteiger partial charge in [-0.25, -0.2) is 0 Å². The number of rotatable bonds is 4. The van der Waals surface area contributed by atoms with Crippen molar-refractivity contribution in [1.82, 2.24) is 14.8 Å². The van der Waals surface area contributed by atoms with Crippen LogP contribution in [0.5, 0.6) is 0 Å². The Morgan fingerprint density at radius 3 is 2.50 bits per heavy atom. The molecule has 3 rings (SSSR count). The van der Waals surface area contributed by atoms with Gasteiger partial charge in [-0.2, -0.15) is 13.2 Å². The zero-order valence-electron chi connectivity index (χ0n) is 12.8. The predicted octanol–water partition coefficient (Wildman–Crippen LogP) is 3.17. The largest absolute Gasteiger partial charge is 0.401 e. The second kappa shape index (κ2) is 5.59. The summed E-state index contributed by atoms with van der Waals surface area (Å²) in [7, 11) is 1.94. The van der Waals surface area contributed by atoms with E-state index in [0.717, 1.165) is 36.1 Å². The fourth-order valence-electron chi connectivity index (χ4n) is 3.13. The van der Waals surface area contributed by atoms with Crippen LogP contribution in [0.2, 0.25) is 0 Å². The maximum Gasteiger partial charge on any atom is 0.401 e. The summed E-state index contributed by atoms with van der Waals surface area (Å²) in [5.74, 6) is 0. The smallest absolute Gasteiger partial charge is 0.350 e.